The summed E-state index contributed by atoms with van der Waals surface area (Å²) in [7, 11) is 0. The Kier molecular flexibility index (Phi) is 4.50. The molecule has 3 heteroatoms. The standard InChI is InChI=1S/C15H18FNS/c1-3-6-17-9-13-8-12(4-5-15(13)16)14-7-11(2)18-10-14/h4-5,7-8,10,17H,3,6,9H2,1-2H3. The number of thiophene rings is 1. The van der Waals surface area contributed by atoms with Gasteiger partial charge in [0, 0.05) is 17.0 Å². The molecule has 96 valence electrons. The summed E-state index contributed by atoms with van der Waals surface area (Å²) in [5.41, 5.74) is 3.01. The quantitative estimate of drug-likeness (QED) is 0.790. The largest absolute Gasteiger partial charge is 0.313 e. The average Bonchev–Trinajstić information content (AvgIpc) is 2.78. The third kappa shape index (κ3) is 3.18. The monoisotopic (exact) mass is 263 g/mol. The predicted octanol–water partition coefficient (Wildman–Crippen LogP) is 4.36. The first kappa shape index (κ1) is 13.2. The van der Waals surface area contributed by atoms with E-state index in [9.17, 15) is 4.39 Å². The van der Waals surface area contributed by atoms with E-state index in [-0.39, 0.29) is 5.82 Å². The van der Waals surface area contributed by atoms with Crippen LogP contribution in [0, 0.1) is 12.7 Å². The summed E-state index contributed by atoms with van der Waals surface area (Å²) in [6.07, 6.45) is 1.06. The van der Waals surface area contributed by atoms with Gasteiger partial charge in [-0.2, -0.15) is 0 Å². The topological polar surface area (TPSA) is 12.0 Å². The molecule has 0 spiro atoms. The van der Waals surface area contributed by atoms with E-state index in [0.29, 0.717) is 6.54 Å². The lowest BCUT2D eigenvalue weighted by atomic mass is 10.0. The van der Waals surface area contributed by atoms with E-state index in [1.54, 1.807) is 17.4 Å². The predicted molar refractivity (Wildman–Crippen MR) is 76.4 cm³/mol. The lowest BCUT2D eigenvalue weighted by molar-refractivity contribution is 0.587. The van der Waals surface area contributed by atoms with E-state index < -0.39 is 0 Å². The van der Waals surface area contributed by atoms with Crippen molar-refractivity contribution in [1.29, 1.82) is 0 Å². The van der Waals surface area contributed by atoms with E-state index in [0.717, 1.165) is 24.1 Å². The summed E-state index contributed by atoms with van der Waals surface area (Å²) in [5.74, 6) is -0.130. The van der Waals surface area contributed by atoms with Gasteiger partial charge in [-0.25, -0.2) is 4.39 Å². The Morgan fingerprint density at radius 2 is 2.06 bits per heavy atom. The molecule has 0 fully saturated rings. The van der Waals surface area contributed by atoms with Gasteiger partial charge in [-0.05, 0) is 54.6 Å². The maximum Gasteiger partial charge on any atom is 0.127 e. The number of hydrogen-bond donors (Lipinski definition) is 1. The van der Waals surface area contributed by atoms with Gasteiger partial charge >= 0.3 is 0 Å². The molecule has 2 rings (SSSR count). The normalized spacial score (nSPS) is 10.8. The molecule has 0 atom stereocenters. The van der Waals surface area contributed by atoms with Crippen molar-refractivity contribution in [2.24, 2.45) is 0 Å². The van der Waals surface area contributed by atoms with Crippen molar-refractivity contribution >= 4 is 11.3 Å². The second-order valence-corrected chi connectivity index (χ2v) is 5.54. The Balaban J connectivity index is 2.20. The first-order chi connectivity index (χ1) is 8.70. The third-order valence-corrected chi connectivity index (χ3v) is 3.71. The Bertz CT molecular complexity index is 519. The van der Waals surface area contributed by atoms with Crippen LogP contribution in [0.5, 0.6) is 0 Å². The van der Waals surface area contributed by atoms with Gasteiger partial charge in [0.05, 0.1) is 0 Å². The molecule has 0 radical (unpaired) electrons. The fourth-order valence-corrected chi connectivity index (χ4v) is 2.60. The van der Waals surface area contributed by atoms with Crippen molar-refractivity contribution in [2.75, 3.05) is 6.54 Å². The minimum atomic E-state index is -0.130. The molecule has 0 aliphatic carbocycles. The van der Waals surface area contributed by atoms with Gasteiger partial charge in [-0.15, -0.1) is 11.3 Å². The molecule has 0 aliphatic heterocycles. The first-order valence-electron chi connectivity index (χ1n) is 6.25. The maximum absolute atomic E-state index is 13.7. The highest BCUT2D eigenvalue weighted by Crippen LogP contribution is 2.26. The molecule has 1 nitrogen and oxygen atoms in total. The van der Waals surface area contributed by atoms with Crippen LogP contribution in [0.25, 0.3) is 11.1 Å². The molecule has 0 unspecified atom stereocenters. The van der Waals surface area contributed by atoms with E-state index >= 15 is 0 Å². The van der Waals surface area contributed by atoms with Gasteiger partial charge in [-0.1, -0.05) is 13.0 Å². The zero-order valence-corrected chi connectivity index (χ0v) is 11.6. The highest BCUT2D eigenvalue weighted by atomic mass is 32.1. The minimum absolute atomic E-state index is 0.130. The zero-order chi connectivity index (χ0) is 13.0. The van der Waals surface area contributed by atoms with E-state index in [1.807, 2.05) is 12.1 Å². The van der Waals surface area contributed by atoms with Crippen LogP contribution in [0.3, 0.4) is 0 Å². The molecular formula is C15H18FNS. The number of hydrogen-bond acceptors (Lipinski definition) is 2. The van der Waals surface area contributed by atoms with Crippen LogP contribution in [0.1, 0.15) is 23.8 Å². The van der Waals surface area contributed by atoms with Gasteiger partial charge in [0.15, 0.2) is 0 Å². The lowest BCUT2D eigenvalue weighted by Gasteiger charge is -2.07. The molecule has 0 saturated carbocycles. The van der Waals surface area contributed by atoms with Crippen LogP contribution >= 0.6 is 11.3 Å². The molecule has 1 aromatic carbocycles. The molecule has 1 heterocycles. The second-order valence-electron chi connectivity index (χ2n) is 4.43. The van der Waals surface area contributed by atoms with Crippen molar-refractivity contribution in [2.45, 2.75) is 26.8 Å². The second kappa shape index (κ2) is 6.12. The SMILES string of the molecule is CCCNCc1cc(-c2csc(C)c2)ccc1F. The highest BCUT2D eigenvalue weighted by Gasteiger charge is 2.06. The van der Waals surface area contributed by atoms with Crippen molar-refractivity contribution in [1.82, 2.24) is 5.32 Å². The summed E-state index contributed by atoms with van der Waals surface area (Å²) < 4.78 is 13.7. The van der Waals surface area contributed by atoms with Gasteiger partial charge in [-0.3, -0.25) is 0 Å². The Morgan fingerprint density at radius 1 is 1.22 bits per heavy atom. The molecule has 2 aromatic rings. The summed E-state index contributed by atoms with van der Waals surface area (Å²) in [4.78, 5) is 1.28. The average molecular weight is 263 g/mol. The van der Waals surface area contributed by atoms with Crippen molar-refractivity contribution in [3.05, 3.63) is 45.9 Å². The smallest absolute Gasteiger partial charge is 0.127 e. The molecule has 0 bridgehead atoms. The fourth-order valence-electron chi connectivity index (χ4n) is 1.88. The Labute approximate surface area is 112 Å². The number of halogens is 1. The van der Waals surface area contributed by atoms with Gasteiger partial charge in [0.2, 0.25) is 0 Å². The summed E-state index contributed by atoms with van der Waals surface area (Å²) in [6, 6.07) is 7.49. The van der Waals surface area contributed by atoms with Crippen LogP contribution < -0.4 is 5.32 Å². The van der Waals surface area contributed by atoms with E-state index in [4.69, 9.17) is 0 Å². The van der Waals surface area contributed by atoms with E-state index in [1.165, 1.54) is 10.4 Å². The van der Waals surface area contributed by atoms with Crippen molar-refractivity contribution in [3.63, 3.8) is 0 Å². The molecule has 1 aromatic heterocycles. The first-order valence-corrected chi connectivity index (χ1v) is 7.13. The van der Waals surface area contributed by atoms with Crippen LogP contribution in [0.4, 0.5) is 4.39 Å². The summed E-state index contributed by atoms with van der Waals surface area (Å²) in [5, 5.41) is 5.36. The maximum atomic E-state index is 13.7. The number of nitrogens with one attached hydrogen (secondary N) is 1. The number of aryl methyl sites for hydroxylation is 1. The van der Waals surface area contributed by atoms with Gasteiger partial charge < -0.3 is 5.32 Å². The molecule has 0 saturated heterocycles. The van der Waals surface area contributed by atoms with Crippen LogP contribution in [0.2, 0.25) is 0 Å². The minimum Gasteiger partial charge on any atom is -0.313 e. The van der Waals surface area contributed by atoms with Crippen LogP contribution in [-0.2, 0) is 6.54 Å². The fraction of sp³-hybridized carbons (Fsp3) is 0.333. The molecule has 1 N–H and O–H groups in total. The third-order valence-electron chi connectivity index (χ3n) is 2.85. The molecule has 18 heavy (non-hydrogen) atoms. The number of rotatable bonds is 5. The zero-order valence-electron chi connectivity index (χ0n) is 10.8. The molecule has 0 amide bonds. The van der Waals surface area contributed by atoms with Crippen LogP contribution in [-0.4, -0.2) is 6.54 Å². The van der Waals surface area contributed by atoms with E-state index in [2.05, 4.69) is 30.6 Å². The summed E-state index contributed by atoms with van der Waals surface area (Å²) >= 11 is 1.72. The Hall–Kier alpha value is -1.19. The van der Waals surface area contributed by atoms with Gasteiger partial charge in [0.1, 0.15) is 5.82 Å². The lowest BCUT2D eigenvalue weighted by Crippen LogP contribution is -2.14. The highest BCUT2D eigenvalue weighted by molar-refractivity contribution is 7.10. The van der Waals surface area contributed by atoms with Crippen LogP contribution in [0.15, 0.2) is 29.6 Å². The number of benzene rings is 1. The molecule has 0 aliphatic rings. The van der Waals surface area contributed by atoms with Crippen molar-refractivity contribution in [3.8, 4) is 11.1 Å². The van der Waals surface area contributed by atoms with Gasteiger partial charge in [0.25, 0.3) is 0 Å². The molecular weight excluding hydrogens is 245 g/mol. The summed E-state index contributed by atoms with van der Waals surface area (Å²) in [6.45, 7) is 5.70. The van der Waals surface area contributed by atoms with Crippen molar-refractivity contribution < 1.29 is 4.39 Å². The Morgan fingerprint density at radius 3 is 2.72 bits per heavy atom.